The zero-order valence-corrected chi connectivity index (χ0v) is 15.7. The van der Waals surface area contributed by atoms with Crippen molar-refractivity contribution in [3.63, 3.8) is 0 Å². The lowest BCUT2D eigenvalue weighted by molar-refractivity contribution is -0.124. The maximum absolute atomic E-state index is 11.5. The summed E-state index contributed by atoms with van der Waals surface area (Å²) in [5, 5.41) is 2.70. The van der Waals surface area contributed by atoms with Crippen molar-refractivity contribution in [1.29, 1.82) is 0 Å². The van der Waals surface area contributed by atoms with E-state index in [9.17, 15) is 9.59 Å². The fourth-order valence-electron chi connectivity index (χ4n) is 2.11. The molecule has 1 N–H and O–H groups in total. The SMILES string of the molecule is COC.COc1ccccc1.[B]N1CCCC1C(=O)NCCC(C)=O. The Kier molecular flexibility index (Phi) is 13.4. The van der Waals surface area contributed by atoms with E-state index in [1.165, 1.54) is 6.92 Å². The van der Waals surface area contributed by atoms with Crippen molar-refractivity contribution in [2.24, 2.45) is 0 Å². The van der Waals surface area contributed by atoms with Crippen LogP contribution in [0.2, 0.25) is 0 Å². The van der Waals surface area contributed by atoms with Crippen LogP contribution in [0.25, 0.3) is 0 Å². The molecule has 1 amide bonds. The Morgan fingerprint density at radius 3 is 2.24 bits per heavy atom. The van der Waals surface area contributed by atoms with Gasteiger partial charge in [-0.1, -0.05) is 18.2 Å². The molecule has 1 unspecified atom stereocenters. The maximum Gasteiger partial charge on any atom is 0.236 e. The third kappa shape index (κ3) is 11.3. The molecule has 0 aromatic heterocycles. The van der Waals surface area contributed by atoms with Crippen LogP contribution in [0.1, 0.15) is 26.2 Å². The fourth-order valence-corrected chi connectivity index (χ4v) is 2.11. The summed E-state index contributed by atoms with van der Waals surface area (Å²) in [4.78, 5) is 23.7. The van der Waals surface area contributed by atoms with E-state index >= 15 is 0 Å². The molecule has 6 nitrogen and oxygen atoms in total. The molecule has 0 aliphatic carbocycles. The highest BCUT2D eigenvalue weighted by Crippen LogP contribution is 2.13. The minimum atomic E-state index is -0.207. The third-order valence-corrected chi connectivity index (χ3v) is 3.35. The number of ether oxygens (including phenoxy) is 2. The van der Waals surface area contributed by atoms with Gasteiger partial charge in [-0.15, -0.1) is 0 Å². The number of carbonyl (C=O) groups excluding carboxylic acids is 2. The normalized spacial score (nSPS) is 15.9. The van der Waals surface area contributed by atoms with Crippen LogP contribution in [-0.4, -0.2) is 64.9 Å². The fraction of sp³-hybridized carbons (Fsp3) is 0.556. The average Bonchev–Trinajstić information content (AvgIpc) is 3.02. The Morgan fingerprint density at radius 1 is 1.24 bits per heavy atom. The molecule has 0 bridgehead atoms. The van der Waals surface area contributed by atoms with E-state index in [1.54, 1.807) is 26.1 Å². The summed E-state index contributed by atoms with van der Waals surface area (Å²) in [5.74, 6) is 0.931. The largest absolute Gasteiger partial charge is 0.497 e. The summed E-state index contributed by atoms with van der Waals surface area (Å²) in [6.45, 7) is 2.69. The van der Waals surface area contributed by atoms with Gasteiger partial charge in [0.05, 0.1) is 13.2 Å². The molecule has 1 saturated heterocycles. The van der Waals surface area contributed by atoms with Gasteiger partial charge < -0.3 is 19.6 Å². The number of nitrogens with zero attached hydrogens (tertiary/aromatic N) is 1. The average molecular weight is 348 g/mol. The number of nitrogens with one attached hydrogen (secondary N) is 1. The summed E-state index contributed by atoms with van der Waals surface area (Å²) >= 11 is 0. The summed E-state index contributed by atoms with van der Waals surface area (Å²) in [6, 6.07) is 9.47. The van der Waals surface area contributed by atoms with E-state index < -0.39 is 0 Å². The van der Waals surface area contributed by atoms with Crippen molar-refractivity contribution in [2.75, 3.05) is 34.4 Å². The topological polar surface area (TPSA) is 67.9 Å². The Balaban J connectivity index is 0.000000440. The predicted octanol–water partition coefficient (Wildman–Crippen LogP) is 1.59. The number of carbonyl (C=O) groups is 2. The molecule has 2 radical (unpaired) electrons. The summed E-state index contributed by atoms with van der Waals surface area (Å²) < 4.78 is 9.16. The highest BCUT2D eigenvalue weighted by atomic mass is 16.5. The summed E-state index contributed by atoms with van der Waals surface area (Å²) in [5.41, 5.74) is 0. The second kappa shape index (κ2) is 14.5. The van der Waals surface area contributed by atoms with Gasteiger partial charge in [-0.25, -0.2) is 0 Å². The van der Waals surface area contributed by atoms with Crippen LogP contribution in [0.4, 0.5) is 0 Å². The van der Waals surface area contributed by atoms with Crippen LogP contribution in [0.3, 0.4) is 0 Å². The maximum atomic E-state index is 11.5. The number of benzene rings is 1. The monoisotopic (exact) mass is 348 g/mol. The van der Waals surface area contributed by atoms with Crippen molar-refractivity contribution >= 4 is 19.7 Å². The second-order valence-corrected chi connectivity index (χ2v) is 5.56. The molecule has 1 fully saturated rings. The van der Waals surface area contributed by atoms with Crippen molar-refractivity contribution < 1.29 is 19.1 Å². The molecule has 138 valence electrons. The summed E-state index contributed by atoms with van der Waals surface area (Å²) in [7, 11) is 10.5. The van der Waals surface area contributed by atoms with Crippen molar-refractivity contribution in [3.8, 4) is 5.75 Å². The number of hydrogen-bond donors (Lipinski definition) is 1. The molecule has 0 saturated carbocycles. The molecule has 1 aromatic carbocycles. The first-order valence-corrected chi connectivity index (χ1v) is 8.23. The molecule has 25 heavy (non-hydrogen) atoms. The van der Waals surface area contributed by atoms with Gasteiger partial charge in [0, 0.05) is 27.2 Å². The number of rotatable bonds is 5. The lowest BCUT2D eigenvalue weighted by atomic mass is 10.1. The first kappa shape index (κ1) is 23.1. The molecule has 1 atom stereocenters. The van der Waals surface area contributed by atoms with Crippen molar-refractivity contribution in [3.05, 3.63) is 30.3 Å². The van der Waals surface area contributed by atoms with E-state index in [-0.39, 0.29) is 17.7 Å². The number of hydrogen-bond acceptors (Lipinski definition) is 5. The molecule has 1 heterocycles. The Hall–Kier alpha value is -1.86. The summed E-state index contributed by atoms with van der Waals surface area (Å²) in [6.07, 6.45) is 2.16. The lowest BCUT2D eigenvalue weighted by Gasteiger charge is -2.18. The minimum Gasteiger partial charge on any atom is -0.497 e. The van der Waals surface area contributed by atoms with E-state index in [1.807, 2.05) is 30.3 Å². The number of amides is 1. The van der Waals surface area contributed by atoms with Gasteiger partial charge in [0.15, 0.2) is 7.98 Å². The van der Waals surface area contributed by atoms with Gasteiger partial charge in [-0.2, -0.15) is 0 Å². The van der Waals surface area contributed by atoms with Gasteiger partial charge in [-0.3, -0.25) is 9.59 Å². The van der Waals surface area contributed by atoms with Gasteiger partial charge in [0.25, 0.3) is 0 Å². The van der Waals surface area contributed by atoms with E-state index in [0.29, 0.717) is 13.0 Å². The number of Topliss-reactive ketones (excluding diaryl/α,β-unsaturated/α-hetero) is 1. The van der Waals surface area contributed by atoms with Crippen molar-refractivity contribution in [1.82, 2.24) is 10.1 Å². The number of methoxy groups -OCH3 is 2. The molecule has 1 aliphatic rings. The van der Waals surface area contributed by atoms with Gasteiger partial charge in [0.2, 0.25) is 5.91 Å². The third-order valence-electron chi connectivity index (χ3n) is 3.35. The molecule has 1 aromatic rings. The van der Waals surface area contributed by atoms with E-state index in [2.05, 4.69) is 10.1 Å². The zero-order valence-electron chi connectivity index (χ0n) is 15.7. The molecule has 1 aliphatic heterocycles. The minimum absolute atomic E-state index is 0.0637. The van der Waals surface area contributed by atoms with E-state index in [0.717, 1.165) is 25.1 Å². The van der Waals surface area contributed by atoms with Crippen LogP contribution in [0.5, 0.6) is 5.75 Å². The molecular weight excluding hydrogens is 319 g/mol. The second-order valence-electron chi connectivity index (χ2n) is 5.56. The van der Waals surface area contributed by atoms with Crippen LogP contribution >= 0.6 is 0 Å². The lowest BCUT2D eigenvalue weighted by Crippen LogP contribution is -2.42. The van der Waals surface area contributed by atoms with Gasteiger partial charge in [-0.05, 0) is 38.4 Å². The Labute approximate surface area is 152 Å². The standard InChI is InChI=1S/C9H15BN2O2.C7H8O.C2H6O/c1-7(13)4-5-11-9(14)8-3-2-6-12(8)10;1-8-7-5-3-2-4-6-7;1-3-2/h8H,2-6H2,1H3,(H,11,14);2-6H,1H3;1-2H3. The predicted molar refractivity (Wildman–Crippen MR) is 99.7 cm³/mol. The van der Waals surface area contributed by atoms with Crippen LogP contribution < -0.4 is 10.1 Å². The molecule has 2 rings (SSSR count). The quantitative estimate of drug-likeness (QED) is 0.819. The Morgan fingerprint density at radius 2 is 1.84 bits per heavy atom. The highest BCUT2D eigenvalue weighted by Gasteiger charge is 2.26. The highest BCUT2D eigenvalue weighted by molar-refractivity contribution is 6.07. The molecular formula is C18H29BN2O4. The molecule has 7 heteroatoms. The zero-order chi connectivity index (χ0) is 19.1. The first-order chi connectivity index (χ1) is 12.0. The van der Waals surface area contributed by atoms with E-state index in [4.69, 9.17) is 12.7 Å². The number of ketones is 1. The van der Waals surface area contributed by atoms with Crippen LogP contribution in [0.15, 0.2) is 30.3 Å². The van der Waals surface area contributed by atoms with Gasteiger partial charge >= 0.3 is 0 Å². The molecule has 0 spiro atoms. The van der Waals surface area contributed by atoms with Crippen LogP contribution in [0, 0.1) is 0 Å². The van der Waals surface area contributed by atoms with Crippen molar-refractivity contribution in [2.45, 2.75) is 32.2 Å². The van der Waals surface area contributed by atoms with Gasteiger partial charge in [0.1, 0.15) is 11.5 Å². The number of para-hydroxylation sites is 1. The first-order valence-electron chi connectivity index (χ1n) is 8.23. The smallest absolute Gasteiger partial charge is 0.236 e. The Bertz CT molecular complexity index is 485. The van der Waals surface area contributed by atoms with Crippen LogP contribution in [-0.2, 0) is 14.3 Å².